The molecule has 3 fully saturated rings. The third kappa shape index (κ3) is 0.395. The van der Waals surface area contributed by atoms with Gasteiger partial charge in [-0.3, -0.25) is 0 Å². The first-order valence-corrected chi connectivity index (χ1v) is 4.33. The molecule has 0 aromatic heterocycles. The molecular weight excluding hydrogens is 108 g/mol. The quantitative estimate of drug-likeness (QED) is 0.501. The fourth-order valence-corrected chi connectivity index (χ4v) is 2.87. The van der Waals surface area contributed by atoms with Crippen molar-refractivity contribution in [2.24, 2.45) is 23.2 Å². The SMILES string of the molecule is CC1CCC1C12CC1C2. The summed E-state index contributed by atoms with van der Waals surface area (Å²) in [7, 11) is 0. The lowest BCUT2D eigenvalue weighted by Gasteiger charge is -2.36. The Hall–Kier alpha value is 0. The zero-order valence-corrected chi connectivity index (χ0v) is 6.06. The van der Waals surface area contributed by atoms with Gasteiger partial charge >= 0.3 is 0 Å². The molecule has 0 nitrogen and oxygen atoms in total. The van der Waals surface area contributed by atoms with Gasteiger partial charge in [-0.05, 0) is 42.4 Å². The highest BCUT2D eigenvalue weighted by molar-refractivity contribution is 5.23. The highest BCUT2D eigenvalue weighted by atomic mass is 14.8. The summed E-state index contributed by atoms with van der Waals surface area (Å²) in [5, 5.41) is 0. The molecular formula is C9H14. The van der Waals surface area contributed by atoms with Crippen LogP contribution in [-0.2, 0) is 0 Å². The highest BCUT2D eigenvalue weighted by Crippen LogP contribution is 2.82. The van der Waals surface area contributed by atoms with E-state index in [4.69, 9.17) is 0 Å². The minimum absolute atomic E-state index is 0.984. The minimum atomic E-state index is 0.984. The molecule has 0 bridgehead atoms. The van der Waals surface area contributed by atoms with Crippen molar-refractivity contribution in [1.29, 1.82) is 0 Å². The maximum absolute atomic E-state index is 2.44. The lowest BCUT2D eigenvalue weighted by molar-refractivity contribution is 0.136. The summed E-state index contributed by atoms with van der Waals surface area (Å²) in [6.07, 6.45) is 6.32. The molecule has 3 saturated carbocycles. The average Bonchev–Trinajstić information content (AvgIpc) is 2.49. The Kier molecular flexibility index (Phi) is 0.574. The van der Waals surface area contributed by atoms with Crippen LogP contribution in [0.1, 0.15) is 32.6 Å². The summed E-state index contributed by atoms with van der Waals surface area (Å²) in [6.45, 7) is 2.44. The van der Waals surface area contributed by atoms with Gasteiger partial charge in [-0.2, -0.15) is 0 Å². The largest absolute Gasteiger partial charge is 0.0622 e. The highest BCUT2D eigenvalue weighted by Gasteiger charge is 2.74. The van der Waals surface area contributed by atoms with Crippen LogP contribution in [0.5, 0.6) is 0 Å². The Labute approximate surface area is 56.6 Å². The van der Waals surface area contributed by atoms with Crippen LogP contribution >= 0.6 is 0 Å². The smallest absolute Gasteiger partial charge is 0.0232 e. The van der Waals surface area contributed by atoms with Crippen molar-refractivity contribution in [3.05, 3.63) is 0 Å². The van der Waals surface area contributed by atoms with E-state index < -0.39 is 0 Å². The molecule has 0 aliphatic heterocycles. The van der Waals surface area contributed by atoms with Crippen LogP contribution in [0.15, 0.2) is 0 Å². The molecule has 0 amide bonds. The van der Waals surface area contributed by atoms with Crippen molar-refractivity contribution in [2.75, 3.05) is 0 Å². The fourth-order valence-electron chi connectivity index (χ4n) is 2.87. The molecule has 3 aliphatic rings. The van der Waals surface area contributed by atoms with Crippen LogP contribution in [0.2, 0.25) is 0 Å². The van der Waals surface area contributed by atoms with Crippen LogP contribution in [0, 0.1) is 23.2 Å². The van der Waals surface area contributed by atoms with E-state index in [2.05, 4.69) is 6.92 Å². The molecule has 50 valence electrons. The van der Waals surface area contributed by atoms with Crippen LogP contribution in [0.3, 0.4) is 0 Å². The van der Waals surface area contributed by atoms with E-state index in [9.17, 15) is 0 Å². The molecule has 0 saturated heterocycles. The summed E-state index contributed by atoms with van der Waals surface area (Å²) < 4.78 is 0. The second kappa shape index (κ2) is 1.09. The summed E-state index contributed by atoms with van der Waals surface area (Å²) in [5.41, 5.74) is 0.984. The van der Waals surface area contributed by atoms with Crippen molar-refractivity contribution in [2.45, 2.75) is 32.6 Å². The van der Waals surface area contributed by atoms with Gasteiger partial charge in [-0.15, -0.1) is 0 Å². The van der Waals surface area contributed by atoms with Crippen LogP contribution in [0.25, 0.3) is 0 Å². The summed E-state index contributed by atoms with van der Waals surface area (Å²) >= 11 is 0. The predicted molar refractivity (Wildman–Crippen MR) is 37.0 cm³/mol. The molecule has 0 aromatic rings. The molecule has 0 heteroatoms. The standard InChI is InChI=1S/C9H14/c1-6-2-3-8(6)9-4-7(9)5-9/h6-8H,2-5H2,1H3. The average molecular weight is 122 g/mol. The second-order valence-electron chi connectivity index (χ2n) is 4.50. The molecule has 0 spiro atoms. The molecule has 0 aromatic carbocycles. The Morgan fingerprint density at radius 3 is 2.00 bits per heavy atom. The minimum Gasteiger partial charge on any atom is -0.0622 e. The zero-order chi connectivity index (χ0) is 6.06. The molecule has 2 unspecified atom stereocenters. The van der Waals surface area contributed by atoms with Crippen molar-refractivity contribution in [3.8, 4) is 0 Å². The molecule has 9 heavy (non-hydrogen) atoms. The predicted octanol–water partition coefficient (Wildman–Crippen LogP) is 2.44. The van der Waals surface area contributed by atoms with Gasteiger partial charge in [-0.25, -0.2) is 0 Å². The van der Waals surface area contributed by atoms with Crippen LogP contribution < -0.4 is 0 Å². The Balaban J connectivity index is 1.79. The Morgan fingerprint density at radius 2 is 1.89 bits per heavy atom. The van der Waals surface area contributed by atoms with E-state index in [1.54, 1.807) is 19.3 Å². The molecule has 0 N–H and O–H groups in total. The van der Waals surface area contributed by atoms with Crippen molar-refractivity contribution >= 4 is 0 Å². The Bertz CT molecular complexity index is 153. The molecule has 3 rings (SSSR count). The van der Waals surface area contributed by atoms with E-state index in [1.165, 1.54) is 18.3 Å². The number of fused-ring (bicyclic) bond motifs is 1. The van der Waals surface area contributed by atoms with Crippen molar-refractivity contribution in [3.63, 3.8) is 0 Å². The number of hydrogen-bond donors (Lipinski definition) is 0. The van der Waals surface area contributed by atoms with Crippen LogP contribution in [0.4, 0.5) is 0 Å². The molecule has 3 aliphatic carbocycles. The number of hydrogen-bond acceptors (Lipinski definition) is 0. The molecule has 0 radical (unpaired) electrons. The maximum atomic E-state index is 2.44. The lowest BCUT2D eigenvalue weighted by Crippen LogP contribution is -2.27. The summed E-state index contributed by atoms with van der Waals surface area (Å²) in [6, 6.07) is 0. The maximum Gasteiger partial charge on any atom is -0.0232 e. The van der Waals surface area contributed by atoms with Gasteiger partial charge in [0.25, 0.3) is 0 Å². The first kappa shape index (κ1) is 4.76. The van der Waals surface area contributed by atoms with Crippen molar-refractivity contribution < 1.29 is 0 Å². The van der Waals surface area contributed by atoms with Crippen LogP contribution in [-0.4, -0.2) is 0 Å². The summed E-state index contributed by atoms with van der Waals surface area (Å²) in [5.74, 6) is 3.50. The van der Waals surface area contributed by atoms with E-state index in [-0.39, 0.29) is 0 Å². The first-order valence-electron chi connectivity index (χ1n) is 4.33. The van der Waals surface area contributed by atoms with E-state index in [1.807, 2.05) is 0 Å². The van der Waals surface area contributed by atoms with E-state index in [0.29, 0.717) is 0 Å². The van der Waals surface area contributed by atoms with Gasteiger partial charge in [0.15, 0.2) is 0 Å². The van der Waals surface area contributed by atoms with Gasteiger partial charge in [0.05, 0.1) is 0 Å². The topological polar surface area (TPSA) is 0 Å². The molecule has 0 heterocycles. The van der Waals surface area contributed by atoms with Crippen molar-refractivity contribution in [1.82, 2.24) is 0 Å². The first-order chi connectivity index (χ1) is 4.33. The lowest BCUT2D eigenvalue weighted by atomic mass is 9.69. The van der Waals surface area contributed by atoms with Gasteiger partial charge in [0.2, 0.25) is 0 Å². The third-order valence-corrected chi connectivity index (χ3v) is 4.10. The monoisotopic (exact) mass is 122 g/mol. The Morgan fingerprint density at radius 1 is 1.22 bits per heavy atom. The van der Waals surface area contributed by atoms with Gasteiger partial charge in [0, 0.05) is 0 Å². The van der Waals surface area contributed by atoms with Gasteiger partial charge in [-0.1, -0.05) is 13.3 Å². The fraction of sp³-hybridized carbons (Fsp3) is 1.00. The summed E-state index contributed by atoms with van der Waals surface area (Å²) in [4.78, 5) is 0. The van der Waals surface area contributed by atoms with E-state index in [0.717, 1.165) is 11.3 Å². The number of rotatable bonds is 1. The zero-order valence-electron chi connectivity index (χ0n) is 6.06. The second-order valence-corrected chi connectivity index (χ2v) is 4.50. The van der Waals surface area contributed by atoms with E-state index >= 15 is 0 Å². The normalized spacial score (nSPS) is 68.3. The van der Waals surface area contributed by atoms with Gasteiger partial charge in [0.1, 0.15) is 0 Å². The van der Waals surface area contributed by atoms with Gasteiger partial charge < -0.3 is 0 Å². The molecule has 2 atom stereocenters. The third-order valence-electron chi connectivity index (χ3n) is 4.10.